The molecule has 2 atom stereocenters. The van der Waals surface area contributed by atoms with Crippen LogP contribution < -0.4 is 10.6 Å². The van der Waals surface area contributed by atoms with Crippen molar-refractivity contribution < 1.29 is 4.79 Å². The van der Waals surface area contributed by atoms with Crippen LogP contribution in [-0.2, 0) is 4.79 Å². The molecule has 1 amide bonds. The number of hydrogen-bond acceptors (Lipinski definition) is 3. The predicted octanol–water partition coefficient (Wildman–Crippen LogP) is 1.22. The molecule has 1 aliphatic carbocycles. The minimum Gasteiger partial charge on any atom is -0.359 e. The fourth-order valence-electron chi connectivity index (χ4n) is 3.01. The van der Waals surface area contributed by atoms with Gasteiger partial charge in [-0.2, -0.15) is 0 Å². The van der Waals surface area contributed by atoms with Crippen LogP contribution >= 0.6 is 0 Å². The first-order valence-electron chi connectivity index (χ1n) is 7.09. The molecule has 1 saturated carbocycles. The molecule has 4 nitrogen and oxygen atoms in total. The summed E-state index contributed by atoms with van der Waals surface area (Å²) in [5.74, 6) is 0.917. The van der Waals surface area contributed by atoms with Gasteiger partial charge in [0.25, 0.3) is 0 Å². The van der Waals surface area contributed by atoms with E-state index in [1.165, 1.54) is 25.7 Å². The molecule has 0 heterocycles. The second kappa shape index (κ2) is 7.10. The summed E-state index contributed by atoms with van der Waals surface area (Å²) in [6.45, 7) is 4.10. The lowest BCUT2D eigenvalue weighted by molar-refractivity contribution is -0.120. The Kier molecular flexibility index (Phi) is 6.09. The topological polar surface area (TPSA) is 44.4 Å². The summed E-state index contributed by atoms with van der Waals surface area (Å²) in [5.41, 5.74) is 0.278. The molecule has 0 bridgehead atoms. The summed E-state index contributed by atoms with van der Waals surface area (Å²) in [4.78, 5) is 13.5. The number of hydrogen-bond donors (Lipinski definition) is 2. The van der Waals surface area contributed by atoms with E-state index < -0.39 is 0 Å². The van der Waals surface area contributed by atoms with Crippen molar-refractivity contribution in [2.24, 2.45) is 5.92 Å². The molecule has 0 saturated heterocycles. The van der Waals surface area contributed by atoms with Gasteiger partial charge >= 0.3 is 0 Å². The van der Waals surface area contributed by atoms with Gasteiger partial charge in [0.1, 0.15) is 0 Å². The second-order valence-corrected chi connectivity index (χ2v) is 5.92. The van der Waals surface area contributed by atoms with E-state index in [9.17, 15) is 4.79 Å². The van der Waals surface area contributed by atoms with Crippen LogP contribution in [0.25, 0.3) is 0 Å². The van der Waals surface area contributed by atoms with Crippen LogP contribution in [0.2, 0.25) is 0 Å². The SMILES string of the molecule is CNC(=O)CCNCC1(N(C)C)CCCC(C)C1. The summed E-state index contributed by atoms with van der Waals surface area (Å²) in [6, 6.07) is 0. The largest absolute Gasteiger partial charge is 0.359 e. The Morgan fingerprint density at radius 2 is 2.17 bits per heavy atom. The lowest BCUT2D eigenvalue weighted by atomic mass is 9.75. The van der Waals surface area contributed by atoms with Crippen LogP contribution in [0.15, 0.2) is 0 Å². The molecular formula is C14H29N3O. The monoisotopic (exact) mass is 255 g/mol. The molecular weight excluding hydrogens is 226 g/mol. The summed E-state index contributed by atoms with van der Waals surface area (Å²) >= 11 is 0. The maximum Gasteiger partial charge on any atom is 0.221 e. The maximum absolute atomic E-state index is 11.2. The second-order valence-electron chi connectivity index (χ2n) is 5.92. The Labute approximate surface area is 111 Å². The van der Waals surface area contributed by atoms with Gasteiger partial charge < -0.3 is 15.5 Å². The molecule has 2 N–H and O–H groups in total. The van der Waals surface area contributed by atoms with Crippen molar-refractivity contribution in [1.29, 1.82) is 0 Å². The highest BCUT2D eigenvalue weighted by Crippen LogP contribution is 2.35. The van der Waals surface area contributed by atoms with Crippen molar-refractivity contribution in [2.45, 2.75) is 44.6 Å². The standard InChI is InChI=1S/C14H29N3O/c1-12-6-5-8-14(10-12,17(3)4)11-16-9-7-13(18)15-2/h12,16H,5-11H2,1-4H3,(H,15,18). The highest BCUT2D eigenvalue weighted by atomic mass is 16.1. The van der Waals surface area contributed by atoms with E-state index in [4.69, 9.17) is 0 Å². The van der Waals surface area contributed by atoms with Crippen LogP contribution in [0.5, 0.6) is 0 Å². The summed E-state index contributed by atoms with van der Waals surface area (Å²) in [6.07, 6.45) is 5.75. The van der Waals surface area contributed by atoms with Crippen molar-refractivity contribution >= 4 is 5.91 Å². The molecule has 1 aliphatic rings. The molecule has 18 heavy (non-hydrogen) atoms. The van der Waals surface area contributed by atoms with Crippen molar-refractivity contribution in [3.63, 3.8) is 0 Å². The first kappa shape index (κ1) is 15.4. The Morgan fingerprint density at radius 1 is 1.44 bits per heavy atom. The summed E-state index contributed by atoms with van der Waals surface area (Å²) < 4.78 is 0. The highest BCUT2D eigenvalue weighted by Gasteiger charge is 2.36. The minimum atomic E-state index is 0.110. The van der Waals surface area contributed by atoms with Crippen molar-refractivity contribution in [2.75, 3.05) is 34.2 Å². The van der Waals surface area contributed by atoms with Crippen molar-refractivity contribution in [1.82, 2.24) is 15.5 Å². The molecule has 0 radical (unpaired) electrons. The molecule has 0 aromatic heterocycles. The molecule has 1 rings (SSSR count). The van der Waals surface area contributed by atoms with E-state index >= 15 is 0 Å². The van der Waals surface area contributed by atoms with Gasteiger partial charge in [0.15, 0.2) is 0 Å². The van der Waals surface area contributed by atoms with E-state index in [2.05, 4.69) is 36.6 Å². The van der Waals surface area contributed by atoms with Gasteiger partial charge in [-0.15, -0.1) is 0 Å². The van der Waals surface area contributed by atoms with Gasteiger partial charge in [-0.05, 0) is 32.9 Å². The third-order valence-electron chi connectivity index (χ3n) is 4.28. The lowest BCUT2D eigenvalue weighted by Gasteiger charge is -2.45. The average Bonchev–Trinajstić information content (AvgIpc) is 2.34. The van der Waals surface area contributed by atoms with E-state index in [1.807, 2.05) is 0 Å². The van der Waals surface area contributed by atoms with Crippen LogP contribution in [-0.4, -0.2) is 50.6 Å². The molecule has 106 valence electrons. The van der Waals surface area contributed by atoms with Gasteiger partial charge in [0.05, 0.1) is 0 Å². The zero-order valence-corrected chi connectivity index (χ0v) is 12.4. The van der Waals surface area contributed by atoms with Crippen molar-refractivity contribution in [3.8, 4) is 0 Å². The number of carbonyl (C=O) groups is 1. The molecule has 2 unspecified atom stereocenters. The normalized spacial score (nSPS) is 28.4. The van der Waals surface area contributed by atoms with E-state index in [1.54, 1.807) is 7.05 Å². The van der Waals surface area contributed by atoms with Crippen LogP contribution in [0.3, 0.4) is 0 Å². The smallest absolute Gasteiger partial charge is 0.221 e. The number of rotatable bonds is 6. The van der Waals surface area contributed by atoms with Crippen molar-refractivity contribution in [3.05, 3.63) is 0 Å². The summed E-state index contributed by atoms with van der Waals surface area (Å²) in [7, 11) is 6.05. The predicted molar refractivity (Wildman–Crippen MR) is 75.6 cm³/mol. The number of nitrogens with one attached hydrogen (secondary N) is 2. The molecule has 0 aliphatic heterocycles. The van der Waals surface area contributed by atoms with E-state index in [-0.39, 0.29) is 11.4 Å². The Balaban J connectivity index is 2.41. The lowest BCUT2D eigenvalue weighted by Crippen LogP contribution is -2.54. The van der Waals surface area contributed by atoms with E-state index in [0.29, 0.717) is 6.42 Å². The molecule has 0 aromatic rings. The number of nitrogens with zero attached hydrogens (tertiary/aromatic N) is 1. The Bertz CT molecular complexity index is 268. The first-order valence-corrected chi connectivity index (χ1v) is 7.09. The van der Waals surface area contributed by atoms with Gasteiger partial charge in [-0.25, -0.2) is 0 Å². The molecule has 0 aromatic carbocycles. The van der Waals surface area contributed by atoms with Gasteiger partial charge in [-0.3, -0.25) is 4.79 Å². The average molecular weight is 255 g/mol. The first-order chi connectivity index (χ1) is 8.50. The van der Waals surface area contributed by atoms with Crippen LogP contribution in [0, 0.1) is 5.92 Å². The van der Waals surface area contributed by atoms with Gasteiger partial charge in [-0.1, -0.05) is 19.8 Å². The fraction of sp³-hybridized carbons (Fsp3) is 0.929. The zero-order chi connectivity index (χ0) is 13.6. The maximum atomic E-state index is 11.2. The van der Waals surface area contributed by atoms with Crippen LogP contribution in [0.1, 0.15) is 39.0 Å². The highest BCUT2D eigenvalue weighted by molar-refractivity contribution is 5.75. The minimum absolute atomic E-state index is 0.110. The molecule has 1 fully saturated rings. The Hall–Kier alpha value is -0.610. The quantitative estimate of drug-likeness (QED) is 0.702. The third kappa shape index (κ3) is 4.25. The van der Waals surface area contributed by atoms with Gasteiger partial charge in [0, 0.05) is 32.1 Å². The molecule has 0 spiro atoms. The fourth-order valence-corrected chi connectivity index (χ4v) is 3.01. The number of carbonyl (C=O) groups excluding carboxylic acids is 1. The van der Waals surface area contributed by atoms with Gasteiger partial charge in [0.2, 0.25) is 5.91 Å². The third-order valence-corrected chi connectivity index (χ3v) is 4.28. The molecule has 4 heteroatoms. The number of amides is 1. The number of likely N-dealkylation sites (N-methyl/N-ethyl adjacent to an activating group) is 1. The zero-order valence-electron chi connectivity index (χ0n) is 12.4. The van der Waals surface area contributed by atoms with Crippen LogP contribution in [0.4, 0.5) is 0 Å². The van der Waals surface area contributed by atoms with E-state index in [0.717, 1.165) is 19.0 Å². The summed E-state index contributed by atoms with van der Waals surface area (Å²) in [5, 5.41) is 6.11. The Morgan fingerprint density at radius 3 is 2.72 bits per heavy atom.